The van der Waals surface area contributed by atoms with Gasteiger partial charge in [-0.2, -0.15) is 5.26 Å². The van der Waals surface area contributed by atoms with Crippen LogP contribution in [0.4, 0.5) is 4.79 Å². The summed E-state index contributed by atoms with van der Waals surface area (Å²) in [5, 5.41) is 16.0. The number of nitrogens with zero attached hydrogens (tertiary/aromatic N) is 4. The maximum absolute atomic E-state index is 13.8. The second kappa shape index (κ2) is 15.7. The Kier molecular flexibility index (Phi) is 12.1. The number of morpholine rings is 1. The van der Waals surface area contributed by atoms with Gasteiger partial charge in [-0.3, -0.25) is 10.1 Å². The summed E-state index contributed by atoms with van der Waals surface area (Å²) in [5.74, 6) is 0.820. The van der Waals surface area contributed by atoms with Crippen LogP contribution in [0.15, 0.2) is 4.99 Å². The monoisotopic (exact) mass is 574 g/mol. The normalized spacial score (nSPS) is 27.0. The van der Waals surface area contributed by atoms with Crippen molar-refractivity contribution in [3.05, 3.63) is 0 Å². The van der Waals surface area contributed by atoms with Crippen LogP contribution in [0.5, 0.6) is 0 Å². The number of carbonyl (C=O) groups excluding carboxylic acids is 2. The minimum Gasteiger partial charge on any atom is -0.449 e. The van der Waals surface area contributed by atoms with Crippen molar-refractivity contribution >= 4 is 18.0 Å². The van der Waals surface area contributed by atoms with Crippen molar-refractivity contribution in [3.8, 4) is 6.07 Å². The molecule has 2 saturated carbocycles. The van der Waals surface area contributed by atoms with Gasteiger partial charge in [-0.05, 0) is 63.8 Å². The lowest BCUT2D eigenvalue weighted by Crippen LogP contribution is -2.56. The third-order valence-corrected chi connectivity index (χ3v) is 9.38. The average Bonchev–Trinajstić information content (AvgIpc) is 3.01. The lowest BCUT2D eigenvalue weighted by atomic mass is 9.84. The second-order valence-electron chi connectivity index (χ2n) is 12.4. The summed E-state index contributed by atoms with van der Waals surface area (Å²) in [4.78, 5) is 35.9. The maximum Gasteiger partial charge on any atom is 0.413 e. The molecule has 0 aromatic carbocycles. The van der Waals surface area contributed by atoms with E-state index >= 15 is 0 Å². The molecular formula is C30H50N6O5. The van der Waals surface area contributed by atoms with Crippen LogP contribution >= 0.6 is 0 Å². The van der Waals surface area contributed by atoms with Gasteiger partial charge >= 0.3 is 6.09 Å². The van der Waals surface area contributed by atoms with Crippen LogP contribution in [-0.4, -0.2) is 106 Å². The summed E-state index contributed by atoms with van der Waals surface area (Å²) in [7, 11) is 3.78. The van der Waals surface area contributed by atoms with Crippen molar-refractivity contribution in [1.29, 1.82) is 5.26 Å². The molecule has 2 N–H and O–H groups in total. The van der Waals surface area contributed by atoms with Gasteiger partial charge in [-0.15, -0.1) is 0 Å². The van der Waals surface area contributed by atoms with Gasteiger partial charge in [0.05, 0.1) is 32.0 Å². The zero-order valence-electron chi connectivity index (χ0n) is 25.1. The van der Waals surface area contributed by atoms with Gasteiger partial charge in [-0.1, -0.05) is 32.1 Å². The third kappa shape index (κ3) is 9.55. The first-order valence-electron chi connectivity index (χ1n) is 15.7. The van der Waals surface area contributed by atoms with Gasteiger partial charge in [0, 0.05) is 33.3 Å². The fourth-order valence-corrected chi connectivity index (χ4v) is 6.51. The molecule has 0 radical (unpaired) electrons. The number of methoxy groups -OCH3 is 1. The van der Waals surface area contributed by atoms with Crippen LogP contribution in [0.3, 0.4) is 0 Å². The molecular weight excluding hydrogens is 524 g/mol. The summed E-state index contributed by atoms with van der Waals surface area (Å²) in [6.45, 7) is 4.02. The number of rotatable bonds is 8. The van der Waals surface area contributed by atoms with E-state index in [0.717, 1.165) is 64.5 Å². The van der Waals surface area contributed by atoms with Crippen LogP contribution in [0.25, 0.3) is 0 Å². The Morgan fingerprint density at radius 1 is 1.02 bits per heavy atom. The quantitative estimate of drug-likeness (QED) is 0.334. The zero-order chi connectivity index (χ0) is 29.1. The van der Waals surface area contributed by atoms with Gasteiger partial charge in [0.1, 0.15) is 11.6 Å². The summed E-state index contributed by atoms with van der Waals surface area (Å²) >= 11 is 0. The molecule has 230 valence electrons. The van der Waals surface area contributed by atoms with E-state index in [1.165, 1.54) is 6.42 Å². The fraction of sp³-hybridized carbons (Fsp3) is 0.867. The Morgan fingerprint density at radius 2 is 1.71 bits per heavy atom. The van der Waals surface area contributed by atoms with Crippen molar-refractivity contribution in [1.82, 2.24) is 20.4 Å². The van der Waals surface area contributed by atoms with Crippen molar-refractivity contribution in [3.63, 3.8) is 0 Å². The van der Waals surface area contributed by atoms with E-state index in [0.29, 0.717) is 76.1 Å². The number of ether oxygens (including phenoxy) is 3. The highest BCUT2D eigenvalue weighted by Crippen LogP contribution is 2.29. The fourth-order valence-electron chi connectivity index (χ4n) is 6.51. The summed E-state index contributed by atoms with van der Waals surface area (Å²) in [6, 6.07) is 1.70. The molecule has 4 fully saturated rings. The highest BCUT2D eigenvalue weighted by atomic mass is 16.5. The molecule has 11 nitrogen and oxygen atoms in total. The van der Waals surface area contributed by atoms with E-state index in [1.54, 1.807) is 7.11 Å². The van der Waals surface area contributed by atoms with E-state index in [-0.39, 0.29) is 5.91 Å². The van der Waals surface area contributed by atoms with Crippen LogP contribution in [0, 0.1) is 23.2 Å². The van der Waals surface area contributed by atoms with Gasteiger partial charge in [0.25, 0.3) is 0 Å². The number of nitriles is 1. The molecule has 4 rings (SSSR count). The molecule has 0 aromatic heterocycles. The third-order valence-electron chi connectivity index (χ3n) is 9.38. The summed E-state index contributed by atoms with van der Waals surface area (Å²) < 4.78 is 16.6. The Balaban J connectivity index is 1.48. The molecule has 41 heavy (non-hydrogen) atoms. The molecule has 2 aliphatic heterocycles. The van der Waals surface area contributed by atoms with Crippen LogP contribution in [0.2, 0.25) is 0 Å². The topological polar surface area (TPSA) is 129 Å². The molecule has 1 unspecified atom stereocenters. The van der Waals surface area contributed by atoms with Gasteiger partial charge in [0.15, 0.2) is 0 Å². The van der Waals surface area contributed by atoms with Gasteiger partial charge < -0.3 is 29.3 Å². The molecule has 0 aromatic rings. The predicted molar refractivity (Wildman–Crippen MR) is 155 cm³/mol. The molecule has 2 heterocycles. The van der Waals surface area contributed by atoms with Crippen molar-refractivity contribution in [2.75, 3.05) is 60.2 Å². The Bertz CT molecular complexity index is 911. The Labute approximate surface area is 245 Å². The second-order valence-corrected chi connectivity index (χ2v) is 12.4. The number of guanidine groups is 1. The molecule has 0 spiro atoms. The number of piperidine rings is 1. The van der Waals surface area contributed by atoms with Crippen molar-refractivity contribution in [2.24, 2.45) is 16.8 Å². The number of hydrogen-bond acceptors (Lipinski definition) is 8. The smallest absolute Gasteiger partial charge is 0.413 e. The number of likely N-dealkylation sites (tertiary alicyclic amines) is 1. The van der Waals surface area contributed by atoms with Crippen molar-refractivity contribution in [2.45, 2.75) is 94.7 Å². The van der Waals surface area contributed by atoms with Crippen LogP contribution < -0.4 is 10.6 Å². The standard InChI is InChI=1S/C30H50N6O5/c1-35-14-12-30(22-31,13-15-35)34-27(37)26(20-23-6-4-3-5-7-23)32-28(36-16-18-40-19-17-36)33-29(38)41-21-24-8-10-25(39-2)11-9-24/h23-26H,3-21H2,1-2H3,(H,34,37)(H,32,33,38). The predicted octanol–water partition coefficient (Wildman–Crippen LogP) is 3.05. The van der Waals surface area contributed by atoms with Crippen LogP contribution in [0.1, 0.15) is 77.0 Å². The largest absolute Gasteiger partial charge is 0.449 e. The lowest BCUT2D eigenvalue weighted by Gasteiger charge is -2.37. The molecule has 11 heteroatoms. The zero-order valence-corrected chi connectivity index (χ0v) is 25.1. The average molecular weight is 575 g/mol. The number of aliphatic imine (C=N–C) groups is 1. The highest BCUT2D eigenvalue weighted by molar-refractivity contribution is 5.96. The molecule has 2 aliphatic carbocycles. The van der Waals surface area contributed by atoms with Gasteiger partial charge in [-0.25, -0.2) is 9.79 Å². The van der Waals surface area contributed by atoms with E-state index in [1.807, 2.05) is 11.9 Å². The number of alkyl carbamates (subject to hydrolysis) is 1. The highest BCUT2D eigenvalue weighted by Gasteiger charge is 2.38. The maximum atomic E-state index is 13.8. The van der Waals surface area contributed by atoms with E-state index < -0.39 is 17.7 Å². The first-order valence-corrected chi connectivity index (χ1v) is 15.7. The number of carbonyl (C=O) groups is 2. The molecule has 4 aliphatic rings. The number of amides is 2. The van der Waals surface area contributed by atoms with Crippen molar-refractivity contribution < 1.29 is 23.8 Å². The van der Waals surface area contributed by atoms with E-state index in [2.05, 4.69) is 21.6 Å². The molecule has 2 amide bonds. The minimum atomic E-state index is -0.892. The summed E-state index contributed by atoms with van der Waals surface area (Å²) in [5.41, 5.74) is -0.892. The first kappa shape index (κ1) is 31.5. The molecule has 1 atom stereocenters. The Hall–Kier alpha value is -2.42. The summed E-state index contributed by atoms with van der Waals surface area (Å²) in [6.07, 6.45) is 11.1. The van der Waals surface area contributed by atoms with Gasteiger partial charge in [0.2, 0.25) is 11.9 Å². The molecule has 0 bridgehead atoms. The minimum absolute atomic E-state index is 0.238. The molecule has 2 saturated heterocycles. The SMILES string of the molecule is COC1CCC(COC(=O)NC(=NC(CC2CCCCC2)C(=O)NC2(C#N)CCN(C)CC2)N2CCOCC2)CC1. The van der Waals surface area contributed by atoms with E-state index in [4.69, 9.17) is 19.2 Å². The number of nitrogens with one attached hydrogen (secondary N) is 2. The van der Waals surface area contributed by atoms with Crippen LogP contribution in [-0.2, 0) is 19.0 Å². The first-order chi connectivity index (χ1) is 19.9. The number of hydrogen-bond donors (Lipinski definition) is 2. The lowest BCUT2D eigenvalue weighted by molar-refractivity contribution is -0.124. The van der Waals surface area contributed by atoms with E-state index in [9.17, 15) is 14.9 Å². The Morgan fingerprint density at radius 3 is 2.34 bits per heavy atom.